The Morgan fingerprint density at radius 2 is 1.05 bits per heavy atom. The van der Waals surface area contributed by atoms with Gasteiger partial charge in [0.05, 0.1) is 5.52 Å². The van der Waals surface area contributed by atoms with Crippen molar-refractivity contribution in [2.45, 2.75) is 0 Å². The molecule has 9 rings (SSSR count). The number of pyridine rings is 1. The van der Waals surface area contributed by atoms with E-state index in [0.717, 1.165) is 5.52 Å². The van der Waals surface area contributed by atoms with E-state index in [1.807, 2.05) is 11.3 Å². The first-order valence-electron chi connectivity index (χ1n) is 14.0. The quantitative estimate of drug-likeness (QED) is 0.158. The molecule has 0 unspecified atom stereocenters. The Kier molecular flexibility index (Phi) is 4.84. The minimum absolute atomic E-state index is 1.02. The van der Waals surface area contributed by atoms with Crippen molar-refractivity contribution < 1.29 is 0 Å². The Labute approximate surface area is 240 Å². The Hall–Kier alpha value is -5.05. The van der Waals surface area contributed by atoms with Crippen LogP contribution in [0.25, 0.3) is 85.6 Å². The molecule has 0 amide bonds. The number of aromatic nitrogens is 1. The van der Waals surface area contributed by atoms with Crippen molar-refractivity contribution in [3.63, 3.8) is 0 Å². The molecule has 7 aromatic carbocycles. The first-order valence-corrected chi connectivity index (χ1v) is 14.8. The van der Waals surface area contributed by atoms with Gasteiger partial charge in [-0.25, -0.2) is 0 Å². The Bertz CT molecular complexity index is 2480. The molecule has 0 saturated heterocycles. The highest BCUT2D eigenvalue weighted by Gasteiger charge is 2.20. The third-order valence-corrected chi connectivity index (χ3v) is 9.62. The van der Waals surface area contributed by atoms with Crippen LogP contribution in [0.3, 0.4) is 0 Å². The lowest BCUT2D eigenvalue weighted by Gasteiger charge is -2.19. The highest BCUT2D eigenvalue weighted by molar-refractivity contribution is 7.25. The van der Waals surface area contributed by atoms with Crippen LogP contribution in [0.1, 0.15) is 0 Å². The van der Waals surface area contributed by atoms with Crippen molar-refractivity contribution >= 4 is 74.7 Å². The van der Waals surface area contributed by atoms with Gasteiger partial charge in [-0.05, 0) is 74.1 Å². The predicted octanol–water partition coefficient (Wildman–Crippen LogP) is 11.4. The van der Waals surface area contributed by atoms with E-state index < -0.39 is 0 Å². The van der Waals surface area contributed by atoms with Crippen LogP contribution >= 0.6 is 11.3 Å². The van der Waals surface area contributed by atoms with E-state index >= 15 is 0 Å². The smallest absolute Gasteiger partial charge is 0.0708 e. The minimum Gasteiger partial charge on any atom is -0.256 e. The normalized spacial score (nSPS) is 11.9. The zero-order valence-electron chi connectivity index (χ0n) is 22.1. The van der Waals surface area contributed by atoms with E-state index in [1.165, 1.54) is 80.1 Å². The van der Waals surface area contributed by atoms with Crippen LogP contribution in [-0.4, -0.2) is 4.98 Å². The average molecular weight is 538 g/mol. The zero-order valence-corrected chi connectivity index (χ0v) is 23.0. The lowest BCUT2D eigenvalue weighted by molar-refractivity contribution is 1.45. The maximum absolute atomic E-state index is 4.99. The SMILES string of the molecule is c1ccc2cc(-c3c4ccccc4c(-c4ccc5sc6ccccc6c5c4)c4cnc5ccccc5c34)ccc2c1. The summed E-state index contributed by atoms with van der Waals surface area (Å²) in [5.41, 5.74) is 5.99. The second-order valence-electron chi connectivity index (χ2n) is 10.7. The van der Waals surface area contributed by atoms with Gasteiger partial charge in [-0.15, -0.1) is 11.3 Å². The van der Waals surface area contributed by atoms with E-state index in [-0.39, 0.29) is 0 Å². The van der Waals surface area contributed by atoms with E-state index in [4.69, 9.17) is 4.98 Å². The van der Waals surface area contributed by atoms with Crippen molar-refractivity contribution in [3.05, 3.63) is 140 Å². The molecule has 190 valence electrons. The standard InChI is InChI=1S/C39H23NS/c1-2-10-25-21-26(18-17-24(25)9-1)38-30-13-4-3-12-29(30)37(33-23-40-34-15-7-5-14-31(34)39(33)38)27-19-20-36-32(22-27)28-11-6-8-16-35(28)41-36/h1-23H. The molecule has 0 aliphatic carbocycles. The molecule has 0 spiro atoms. The number of hydrogen-bond acceptors (Lipinski definition) is 2. The Balaban J connectivity index is 1.47. The van der Waals surface area contributed by atoms with Gasteiger partial charge < -0.3 is 0 Å². The third kappa shape index (κ3) is 3.38. The molecule has 0 saturated carbocycles. The predicted molar refractivity (Wildman–Crippen MR) is 178 cm³/mol. The van der Waals surface area contributed by atoms with Crippen LogP contribution in [-0.2, 0) is 0 Å². The zero-order chi connectivity index (χ0) is 26.9. The fraction of sp³-hybridized carbons (Fsp3) is 0. The van der Waals surface area contributed by atoms with Crippen molar-refractivity contribution in [1.29, 1.82) is 0 Å². The summed E-state index contributed by atoms with van der Waals surface area (Å²) in [4.78, 5) is 4.99. The fourth-order valence-electron chi connectivity index (χ4n) is 6.64. The Morgan fingerprint density at radius 1 is 0.415 bits per heavy atom. The number of rotatable bonds is 2. The molecule has 2 heterocycles. The molecule has 0 fully saturated rings. The first-order chi connectivity index (χ1) is 20.3. The van der Waals surface area contributed by atoms with Gasteiger partial charge in [0.25, 0.3) is 0 Å². The second-order valence-corrected chi connectivity index (χ2v) is 11.8. The number of nitrogens with zero attached hydrogens (tertiary/aromatic N) is 1. The fourth-order valence-corrected chi connectivity index (χ4v) is 7.72. The van der Waals surface area contributed by atoms with Crippen molar-refractivity contribution in [2.24, 2.45) is 0 Å². The number of fused-ring (bicyclic) bond motifs is 8. The summed E-state index contributed by atoms with van der Waals surface area (Å²) in [6, 6.07) is 48.6. The van der Waals surface area contributed by atoms with Crippen molar-refractivity contribution in [2.75, 3.05) is 0 Å². The maximum atomic E-state index is 4.99. The molecular formula is C39H23NS. The molecule has 0 aliphatic heterocycles. The average Bonchev–Trinajstić information content (AvgIpc) is 3.41. The number of benzene rings is 7. The lowest BCUT2D eigenvalue weighted by atomic mass is 9.84. The summed E-state index contributed by atoms with van der Waals surface area (Å²) in [6.07, 6.45) is 2.10. The third-order valence-electron chi connectivity index (χ3n) is 8.46. The van der Waals surface area contributed by atoms with Gasteiger partial charge in [-0.2, -0.15) is 0 Å². The molecule has 9 aromatic rings. The molecule has 41 heavy (non-hydrogen) atoms. The highest BCUT2D eigenvalue weighted by atomic mass is 32.1. The van der Waals surface area contributed by atoms with Gasteiger partial charge in [0.15, 0.2) is 0 Å². The maximum Gasteiger partial charge on any atom is 0.0708 e. The van der Waals surface area contributed by atoms with Gasteiger partial charge in [-0.1, -0.05) is 103 Å². The van der Waals surface area contributed by atoms with Gasteiger partial charge in [0.1, 0.15) is 0 Å². The molecular weight excluding hydrogens is 515 g/mol. The van der Waals surface area contributed by atoms with Gasteiger partial charge in [0, 0.05) is 42.5 Å². The minimum atomic E-state index is 1.02. The van der Waals surface area contributed by atoms with E-state index in [1.54, 1.807) is 0 Å². The highest BCUT2D eigenvalue weighted by Crippen LogP contribution is 2.47. The number of thiophene rings is 1. The topological polar surface area (TPSA) is 12.9 Å². The van der Waals surface area contributed by atoms with Crippen molar-refractivity contribution in [3.8, 4) is 22.3 Å². The summed E-state index contributed by atoms with van der Waals surface area (Å²) >= 11 is 1.86. The summed E-state index contributed by atoms with van der Waals surface area (Å²) in [7, 11) is 0. The number of para-hydroxylation sites is 1. The molecule has 1 nitrogen and oxygen atoms in total. The molecule has 0 radical (unpaired) electrons. The monoisotopic (exact) mass is 537 g/mol. The van der Waals surface area contributed by atoms with Crippen LogP contribution in [0.2, 0.25) is 0 Å². The molecule has 0 bridgehead atoms. The van der Waals surface area contributed by atoms with Crippen LogP contribution in [0, 0.1) is 0 Å². The molecule has 0 aliphatic rings. The van der Waals surface area contributed by atoms with Crippen molar-refractivity contribution in [1.82, 2.24) is 4.98 Å². The first kappa shape index (κ1) is 22.7. The largest absolute Gasteiger partial charge is 0.256 e. The Morgan fingerprint density at radius 3 is 1.93 bits per heavy atom. The molecule has 0 atom stereocenters. The summed E-state index contributed by atoms with van der Waals surface area (Å²) < 4.78 is 2.65. The van der Waals surface area contributed by atoms with E-state index in [9.17, 15) is 0 Å². The molecule has 2 aromatic heterocycles. The van der Waals surface area contributed by atoms with Gasteiger partial charge in [-0.3, -0.25) is 4.98 Å². The van der Waals surface area contributed by atoms with E-state index in [0.29, 0.717) is 0 Å². The van der Waals surface area contributed by atoms with Crippen LogP contribution in [0.4, 0.5) is 0 Å². The van der Waals surface area contributed by atoms with Crippen LogP contribution in [0.5, 0.6) is 0 Å². The summed E-state index contributed by atoms with van der Waals surface area (Å²) in [5, 5.41) is 11.3. The van der Waals surface area contributed by atoms with Crippen LogP contribution < -0.4 is 0 Å². The lowest BCUT2D eigenvalue weighted by Crippen LogP contribution is -1.93. The van der Waals surface area contributed by atoms with Gasteiger partial charge in [0.2, 0.25) is 0 Å². The number of hydrogen-bond donors (Lipinski definition) is 0. The van der Waals surface area contributed by atoms with Gasteiger partial charge >= 0.3 is 0 Å². The summed E-state index contributed by atoms with van der Waals surface area (Å²) in [6.45, 7) is 0. The molecule has 0 N–H and O–H groups in total. The molecule has 2 heteroatoms. The summed E-state index contributed by atoms with van der Waals surface area (Å²) in [5.74, 6) is 0. The second kappa shape index (κ2) is 8.72. The van der Waals surface area contributed by atoms with Crippen LogP contribution in [0.15, 0.2) is 140 Å². The van der Waals surface area contributed by atoms with E-state index in [2.05, 4.69) is 140 Å².